The molecule has 0 amide bonds. The van der Waals surface area contributed by atoms with Crippen molar-refractivity contribution in [3.63, 3.8) is 0 Å². The van der Waals surface area contributed by atoms with E-state index >= 15 is 0 Å². The van der Waals surface area contributed by atoms with Gasteiger partial charge in [-0.15, -0.1) is 0 Å². The SMILES string of the molecule is O=[N+]([O-])/C=C/c1cccc2c1ccn2S(=O)(=O)c1ccccc1. The average molecular weight is 328 g/mol. The zero-order valence-corrected chi connectivity index (χ0v) is 12.7. The minimum Gasteiger partial charge on any atom is -0.259 e. The van der Waals surface area contributed by atoms with Crippen LogP contribution in [0.3, 0.4) is 0 Å². The van der Waals surface area contributed by atoms with Crippen molar-refractivity contribution in [1.82, 2.24) is 3.97 Å². The number of hydrogen-bond acceptors (Lipinski definition) is 4. The van der Waals surface area contributed by atoms with Gasteiger partial charge >= 0.3 is 0 Å². The Hall–Kier alpha value is -2.93. The quantitative estimate of drug-likeness (QED) is 0.544. The second-order valence-electron chi connectivity index (χ2n) is 4.81. The summed E-state index contributed by atoms with van der Waals surface area (Å²) in [6, 6.07) is 14.8. The molecule has 3 aromatic rings. The third-order valence-corrected chi connectivity index (χ3v) is 5.11. The van der Waals surface area contributed by atoms with Gasteiger partial charge in [-0.3, -0.25) is 10.1 Å². The van der Waals surface area contributed by atoms with Crippen LogP contribution in [-0.2, 0) is 10.0 Å². The lowest BCUT2D eigenvalue weighted by molar-refractivity contribution is -0.400. The Labute approximate surface area is 132 Å². The maximum atomic E-state index is 12.7. The summed E-state index contributed by atoms with van der Waals surface area (Å²) in [6.45, 7) is 0. The van der Waals surface area contributed by atoms with E-state index in [1.807, 2.05) is 0 Å². The summed E-state index contributed by atoms with van der Waals surface area (Å²) >= 11 is 0. The number of hydrogen-bond donors (Lipinski definition) is 0. The molecular formula is C16H12N2O4S. The molecule has 0 unspecified atom stereocenters. The number of aromatic nitrogens is 1. The van der Waals surface area contributed by atoms with Crippen molar-refractivity contribution in [2.45, 2.75) is 4.90 Å². The molecular weight excluding hydrogens is 316 g/mol. The predicted molar refractivity (Wildman–Crippen MR) is 87.0 cm³/mol. The number of benzene rings is 2. The van der Waals surface area contributed by atoms with Crippen LogP contribution in [0.1, 0.15) is 5.56 Å². The minimum absolute atomic E-state index is 0.184. The van der Waals surface area contributed by atoms with Crippen LogP contribution in [0.15, 0.2) is 71.9 Å². The largest absolute Gasteiger partial charge is 0.268 e. The fraction of sp³-hybridized carbons (Fsp3) is 0. The molecule has 2 aromatic carbocycles. The highest BCUT2D eigenvalue weighted by molar-refractivity contribution is 7.90. The molecule has 7 heteroatoms. The van der Waals surface area contributed by atoms with Gasteiger partial charge in [0.1, 0.15) is 0 Å². The molecule has 0 saturated heterocycles. The van der Waals surface area contributed by atoms with Crippen LogP contribution >= 0.6 is 0 Å². The van der Waals surface area contributed by atoms with Crippen LogP contribution in [0.2, 0.25) is 0 Å². The van der Waals surface area contributed by atoms with Gasteiger partial charge in [0.2, 0.25) is 6.20 Å². The van der Waals surface area contributed by atoms with Crippen molar-refractivity contribution in [3.8, 4) is 0 Å². The summed E-state index contributed by atoms with van der Waals surface area (Å²) in [5.74, 6) is 0. The highest BCUT2D eigenvalue weighted by Gasteiger charge is 2.18. The van der Waals surface area contributed by atoms with Crippen molar-refractivity contribution in [3.05, 3.63) is 82.7 Å². The van der Waals surface area contributed by atoms with E-state index in [0.717, 1.165) is 6.20 Å². The molecule has 0 bridgehead atoms. The molecule has 0 saturated carbocycles. The predicted octanol–water partition coefficient (Wildman–Crippen LogP) is 3.13. The van der Waals surface area contributed by atoms with Crippen molar-refractivity contribution in [2.75, 3.05) is 0 Å². The van der Waals surface area contributed by atoms with E-state index < -0.39 is 14.9 Å². The minimum atomic E-state index is -3.71. The molecule has 1 heterocycles. The molecule has 0 aliphatic carbocycles. The maximum absolute atomic E-state index is 12.7. The average Bonchev–Trinajstić information content (AvgIpc) is 2.99. The summed E-state index contributed by atoms with van der Waals surface area (Å²) in [7, 11) is -3.71. The van der Waals surface area contributed by atoms with Crippen LogP contribution in [-0.4, -0.2) is 17.3 Å². The second-order valence-corrected chi connectivity index (χ2v) is 6.63. The highest BCUT2D eigenvalue weighted by atomic mass is 32.2. The summed E-state index contributed by atoms with van der Waals surface area (Å²) in [4.78, 5) is 10.1. The highest BCUT2D eigenvalue weighted by Crippen LogP contribution is 2.25. The zero-order chi connectivity index (χ0) is 16.4. The molecule has 0 atom stereocenters. The molecule has 0 aliphatic heterocycles. The lowest BCUT2D eigenvalue weighted by Crippen LogP contribution is -2.11. The van der Waals surface area contributed by atoms with Crippen molar-refractivity contribution < 1.29 is 13.3 Å². The van der Waals surface area contributed by atoms with Crippen LogP contribution in [0.5, 0.6) is 0 Å². The molecule has 3 rings (SSSR count). The third-order valence-electron chi connectivity index (χ3n) is 3.41. The Kier molecular flexibility index (Phi) is 3.71. The van der Waals surface area contributed by atoms with Gasteiger partial charge in [0.05, 0.1) is 15.3 Å². The maximum Gasteiger partial charge on any atom is 0.268 e. The first-order chi connectivity index (χ1) is 11.0. The Morgan fingerprint density at radius 3 is 2.43 bits per heavy atom. The van der Waals surface area contributed by atoms with Crippen LogP contribution in [0, 0.1) is 10.1 Å². The van der Waals surface area contributed by atoms with E-state index in [-0.39, 0.29) is 4.90 Å². The van der Waals surface area contributed by atoms with Gasteiger partial charge in [-0.1, -0.05) is 30.3 Å². The van der Waals surface area contributed by atoms with Gasteiger partial charge in [-0.05, 0) is 29.8 Å². The molecule has 0 N–H and O–H groups in total. The van der Waals surface area contributed by atoms with Crippen LogP contribution < -0.4 is 0 Å². The van der Waals surface area contributed by atoms with E-state index in [2.05, 4.69) is 0 Å². The van der Waals surface area contributed by atoms with E-state index in [9.17, 15) is 18.5 Å². The zero-order valence-electron chi connectivity index (χ0n) is 11.9. The van der Waals surface area contributed by atoms with E-state index in [1.54, 1.807) is 42.5 Å². The molecule has 0 aliphatic rings. The fourth-order valence-corrected chi connectivity index (χ4v) is 3.74. The first-order valence-corrected chi connectivity index (χ1v) is 8.16. The van der Waals surface area contributed by atoms with Gasteiger partial charge in [0.25, 0.3) is 10.0 Å². The monoisotopic (exact) mass is 328 g/mol. The van der Waals surface area contributed by atoms with E-state index in [1.165, 1.54) is 28.4 Å². The number of nitro groups is 1. The van der Waals surface area contributed by atoms with E-state index in [4.69, 9.17) is 0 Å². The van der Waals surface area contributed by atoms with Crippen molar-refractivity contribution in [2.24, 2.45) is 0 Å². The Bertz CT molecular complexity index is 1000. The Balaban J connectivity index is 2.18. The van der Waals surface area contributed by atoms with Gasteiger partial charge in [-0.2, -0.15) is 0 Å². The van der Waals surface area contributed by atoms with Crippen molar-refractivity contribution in [1.29, 1.82) is 0 Å². The molecule has 0 radical (unpaired) electrons. The molecule has 6 nitrogen and oxygen atoms in total. The second kappa shape index (κ2) is 5.69. The lowest BCUT2D eigenvalue weighted by Gasteiger charge is -2.07. The fourth-order valence-electron chi connectivity index (χ4n) is 2.37. The summed E-state index contributed by atoms with van der Waals surface area (Å²) in [6.07, 6.45) is 3.64. The Morgan fingerprint density at radius 1 is 1.00 bits per heavy atom. The molecule has 23 heavy (non-hydrogen) atoms. The van der Waals surface area contributed by atoms with Gasteiger partial charge in [0, 0.05) is 17.7 Å². The normalized spacial score (nSPS) is 12.0. The number of nitrogens with zero attached hydrogens (tertiary/aromatic N) is 2. The standard InChI is InChI=1S/C16H12N2O4S/c19-18(20)12-9-13-5-4-8-16-15(13)10-11-17(16)23(21,22)14-6-2-1-3-7-14/h1-12H/b12-9+. The smallest absolute Gasteiger partial charge is 0.259 e. The van der Waals surface area contributed by atoms with E-state index in [0.29, 0.717) is 16.5 Å². The molecule has 0 fully saturated rings. The molecule has 0 spiro atoms. The van der Waals surface area contributed by atoms with Gasteiger partial charge in [-0.25, -0.2) is 12.4 Å². The first-order valence-electron chi connectivity index (χ1n) is 6.72. The summed E-state index contributed by atoms with van der Waals surface area (Å²) in [5, 5.41) is 11.1. The number of fused-ring (bicyclic) bond motifs is 1. The number of rotatable bonds is 4. The first kappa shape index (κ1) is 15.0. The van der Waals surface area contributed by atoms with Gasteiger partial charge < -0.3 is 0 Å². The molecule has 116 valence electrons. The summed E-state index contributed by atoms with van der Waals surface area (Å²) < 4.78 is 26.6. The lowest BCUT2D eigenvalue weighted by atomic mass is 10.1. The van der Waals surface area contributed by atoms with Crippen LogP contribution in [0.25, 0.3) is 17.0 Å². The van der Waals surface area contributed by atoms with Crippen molar-refractivity contribution >= 4 is 27.0 Å². The Morgan fingerprint density at radius 2 is 1.74 bits per heavy atom. The molecule has 1 aromatic heterocycles. The van der Waals surface area contributed by atoms with Gasteiger partial charge in [0.15, 0.2) is 0 Å². The van der Waals surface area contributed by atoms with Crippen LogP contribution in [0.4, 0.5) is 0 Å². The third kappa shape index (κ3) is 2.74. The summed E-state index contributed by atoms with van der Waals surface area (Å²) in [5.41, 5.74) is 1.06. The topological polar surface area (TPSA) is 82.2 Å².